The molecule has 0 N–H and O–H groups in total. The van der Waals surface area contributed by atoms with Crippen molar-refractivity contribution in [2.24, 2.45) is 0 Å². The molecule has 1 aromatic heterocycles. The van der Waals surface area contributed by atoms with E-state index in [-0.39, 0.29) is 5.60 Å². The smallest absolute Gasteiger partial charge is 0.324 e. The van der Waals surface area contributed by atoms with Crippen LogP contribution in [0.4, 0.5) is 6.01 Å². The molecule has 0 bridgehead atoms. The highest BCUT2D eigenvalue weighted by molar-refractivity contribution is 5.58. The van der Waals surface area contributed by atoms with Gasteiger partial charge in [-0.1, -0.05) is 41.6 Å². The number of methoxy groups -OCH3 is 1. The van der Waals surface area contributed by atoms with Crippen molar-refractivity contribution in [3.8, 4) is 17.1 Å². The van der Waals surface area contributed by atoms with Crippen LogP contribution in [0.5, 0.6) is 5.75 Å². The van der Waals surface area contributed by atoms with Crippen LogP contribution < -0.4 is 9.64 Å². The monoisotopic (exact) mass is 363 g/mol. The normalized spacial score (nSPS) is 21.4. The Morgan fingerprint density at radius 2 is 2.07 bits per heavy atom. The Hall–Kier alpha value is -2.86. The molecule has 5 rings (SSSR count). The third kappa shape index (κ3) is 2.77. The fraction of sp³-hybridized carbons (Fsp3) is 0.333. The Bertz CT molecular complexity index is 967. The second-order valence-electron chi connectivity index (χ2n) is 7.05. The molecule has 1 saturated heterocycles. The molecule has 2 aromatic carbocycles. The van der Waals surface area contributed by atoms with Gasteiger partial charge in [0.25, 0.3) is 0 Å². The van der Waals surface area contributed by atoms with Crippen LogP contribution >= 0.6 is 0 Å². The summed E-state index contributed by atoms with van der Waals surface area (Å²) in [5, 5.41) is 4.17. The molecule has 1 unspecified atom stereocenters. The molecule has 1 spiro atoms. The van der Waals surface area contributed by atoms with Gasteiger partial charge in [0.15, 0.2) is 0 Å². The largest absolute Gasteiger partial charge is 0.497 e. The Balaban J connectivity index is 1.42. The number of anilines is 1. The standard InChI is InChI=1S/C21H21N3O3/c1-25-17-7-4-6-16(13-17)19-22-20(27-23-19)24-11-12-26-21(14-24)10-9-15-5-2-3-8-18(15)21/h2-8,13H,9-12,14H2,1H3. The number of benzene rings is 2. The Morgan fingerprint density at radius 3 is 3.00 bits per heavy atom. The Labute approximate surface area is 157 Å². The topological polar surface area (TPSA) is 60.6 Å². The van der Waals surface area contributed by atoms with E-state index in [0.717, 1.165) is 37.2 Å². The van der Waals surface area contributed by atoms with Gasteiger partial charge < -0.3 is 18.9 Å². The van der Waals surface area contributed by atoms with Gasteiger partial charge in [-0.15, -0.1) is 0 Å². The van der Waals surface area contributed by atoms with Crippen LogP contribution in [-0.4, -0.2) is 36.9 Å². The summed E-state index contributed by atoms with van der Waals surface area (Å²) >= 11 is 0. The number of hydrogen-bond donors (Lipinski definition) is 0. The fourth-order valence-corrected chi connectivity index (χ4v) is 4.14. The van der Waals surface area contributed by atoms with Crippen molar-refractivity contribution in [1.82, 2.24) is 10.1 Å². The van der Waals surface area contributed by atoms with Crippen molar-refractivity contribution in [3.05, 3.63) is 59.7 Å². The highest BCUT2D eigenvalue weighted by Crippen LogP contribution is 2.42. The molecule has 138 valence electrons. The highest BCUT2D eigenvalue weighted by atomic mass is 16.5. The Morgan fingerprint density at radius 1 is 1.15 bits per heavy atom. The summed E-state index contributed by atoms with van der Waals surface area (Å²) in [6, 6.07) is 16.8. The minimum Gasteiger partial charge on any atom is -0.497 e. The average Bonchev–Trinajstić information content (AvgIpc) is 3.35. The molecule has 2 aliphatic rings. The van der Waals surface area contributed by atoms with Gasteiger partial charge in [0.05, 0.1) is 20.3 Å². The van der Waals surface area contributed by atoms with Crippen molar-refractivity contribution in [3.63, 3.8) is 0 Å². The van der Waals surface area contributed by atoms with E-state index in [1.54, 1.807) is 7.11 Å². The minimum absolute atomic E-state index is 0.278. The van der Waals surface area contributed by atoms with Gasteiger partial charge in [0.1, 0.15) is 11.4 Å². The molecule has 0 saturated carbocycles. The molecule has 27 heavy (non-hydrogen) atoms. The first kappa shape index (κ1) is 16.3. The van der Waals surface area contributed by atoms with Crippen molar-refractivity contribution >= 4 is 6.01 Å². The van der Waals surface area contributed by atoms with Crippen molar-refractivity contribution in [1.29, 1.82) is 0 Å². The predicted molar refractivity (Wildman–Crippen MR) is 101 cm³/mol. The van der Waals surface area contributed by atoms with Crippen LogP contribution in [-0.2, 0) is 16.8 Å². The number of ether oxygens (including phenoxy) is 2. The molecule has 0 radical (unpaired) electrons. The SMILES string of the molecule is COc1cccc(-c2noc(N3CCOC4(CCc5ccccc54)C3)n2)c1. The summed E-state index contributed by atoms with van der Waals surface area (Å²) in [7, 11) is 1.65. The van der Waals surface area contributed by atoms with E-state index in [1.807, 2.05) is 24.3 Å². The second kappa shape index (κ2) is 6.39. The molecule has 1 aliphatic heterocycles. The third-order valence-corrected chi connectivity index (χ3v) is 5.51. The van der Waals surface area contributed by atoms with Gasteiger partial charge in [0, 0.05) is 12.1 Å². The highest BCUT2D eigenvalue weighted by Gasteiger charge is 2.44. The first-order chi connectivity index (χ1) is 13.3. The molecule has 1 fully saturated rings. The van der Waals surface area contributed by atoms with Crippen LogP contribution in [0.2, 0.25) is 0 Å². The number of hydrogen-bond acceptors (Lipinski definition) is 6. The summed E-state index contributed by atoms with van der Waals surface area (Å²) in [5.41, 5.74) is 3.27. The summed E-state index contributed by atoms with van der Waals surface area (Å²) < 4.78 is 17.2. The Kier molecular flexibility index (Phi) is 3.86. The summed E-state index contributed by atoms with van der Waals surface area (Å²) in [4.78, 5) is 6.77. The summed E-state index contributed by atoms with van der Waals surface area (Å²) in [6.45, 7) is 2.11. The van der Waals surface area contributed by atoms with E-state index in [1.165, 1.54) is 11.1 Å². The maximum Gasteiger partial charge on any atom is 0.324 e. The maximum atomic E-state index is 6.28. The van der Waals surface area contributed by atoms with Crippen LogP contribution in [0.3, 0.4) is 0 Å². The van der Waals surface area contributed by atoms with Gasteiger partial charge in [-0.3, -0.25) is 0 Å². The number of morpholine rings is 1. The van der Waals surface area contributed by atoms with Gasteiger partial charge in [-0.25, -0.2) is 0 Å². The third-order valence-electron chi connectivity index (χ3n) is 5.51. The molecule has 1 atom stereocenters. The first-order valence-electron chi connectivity index (χ1n) is 9.23. The lowest BCUT2D eigenvalue weighted by atomic mass is 9.94. The molecule has 6 nitrogen and oxygen atoms in total. The minimum atomic E-state index is -0.278. The second-order valence-corrected chi connectivity index (χ2v) is 7.05. The predicted octanol–water partition coefficient (Wildman–Crippen LogP) is 3.42. The summed E-state index contributed by atoms with van der Waals surface area (Å²) in [5.74, 6) is 1.34. The molecular formula is C21H21N3O3. The molecule has 0 amide bonds. The van der Waals surface area contributed by atoms with E-state index in [2.05, 4.69) is 39.3 Å². The number of nitrogens with zero attached hydrogens (tertiary/aromatic N) is 3. The quantitative estimate of drug-likeness (QED) is 0.711. The lowest BCUT2D eigenvalue weighted by molar-refractivity contribution is -0.0605. The lowest BCUT2D eigenvalue weighted by Crippen LogP contribution is -2.49. The van der Waals surface area contributed by atoms with E-state index < -0.39 is 0 Å². The van der Waals surface area contributed by atoms with E-state index in [4.69, 9.17) is 14.0 Å². The average molecular weight is 363 g/mol. The summed E-state index contributed by atoms with van der Waals surface area (Å²) in [6.07, 6.45) is 2.03. The zero-order valence-electron chi connectivity index (χ0n) is 15.2. The van der Waals surface area contributed by atoms with E-state index in [9.17, 15) is 0 Å². The van der Waals surface area contributed by atoms with Crippen LogP contribution in [0.15, 0.2) is 53.1 Å². The molecule has 1 aliphatic carbocycles. The number of rotatable bonds is 3. The zero-order valence-corrected chi connectivity index (χ0v) is 15.2. The van der Waals surface area contributed by atoms with Gasteiger partial charge in [-0.05, 0) is 36.1 Å². The van der Waals surface area contributed by atoms with Gasteiger partial charge >= 0.3 is 6.01 Å². The number of aryl methyl sites for hydroxylation is 1. The van der Waals surface area contributed by atoms with E-state index in [0.29, 0.717) is 18.4 Å². The van der Waals surface area contributed by atoms with Crippen LogP contribution in [0, 0.1) is 0 Å². The number of aromatic nitrogens is 2. The van der Waals surface area contributed by atoms with Crippen molar-refractivity contribution < 1.29 is 14.0 Å². The lowest BCUT2D eigenvalue weighted by Gasteiger charge is -2.40. The zero-order chi connectivity index (χ0) is 18.3. The molecule has 2 heterocycles. The van der Waals surface area contributed by atoms with Crippen molar-refractivity contribution in [2.45, 2.75) is 18.4 Å². The van der Waals surface area contributed by atoms with Crippen LogP contribution in [0.25, 0.3) is 11.4 Å². The maximum absolute atomic E-state index is 6.28. The molecule has 3 aromatic rings. The first-order valence-corrected chi connectivity index (χ1v) is 9.23. The van der Waals surface area contributed by atoms with Gasteiger partial charge in [0.2, 0.25) is 5.82 Å². The fourth-order valence-electron chi connectivity index (χ4n) is 4.14. The van der Waals surface area contributed by atoms with Crippen molar-refractivity contribution in [2.75, 3.05) is 31.7 Å². The molecular weight excluding hydrogens is 342 g/mol. The molecule has 6 heteroatoms. The van der Waals surface area contributed by atoms with Crippen LogP contribution in [0.1, 0.15) is 17.5 Å². The van der Waals surface area contributed by atoms with E-state index >= 15 is 0 Å². The number of fused-ring (bicyclic) bond motifs is 2. The van der Waals surface area contributed by atoms with Gasteiger partial charge in [-0.2, -0.15) is 4.98 Å².